The number of hydrogen-bond acceptors (Lipinski definition) is 3. The Morgan fingerprint density at radius 2 is 1.88 bits per heavy atom. The Labute approximate surface area is 105 Å². The third-order valence-corrected chi connectivity index (χ3v) is 3.78. The number of carbonyl (C=O) groups excluding carboxylic acids is 1. The molecule has 94 valence electrons. The average Bonchev–Trinajstić information content (AvgIpc) is 2.29. The lowest BCUT2D eigenvalue weighted by atomic mass is 10.4. The summed E-state index contributed by atoms with van der Waals surface area (Å²) in [6.45, 7) is 0.0602. The molecule has 0 atom stereocenters. The van der Waals surface area contributed by atoms with E-state index < -0.39 is 10.0 Å². The van der Waals surface area contributed by atoms with E-state index in [4.69, 9.17) is 11.6 Å². The van der Waals surface area contributed by atoms with Gasteiger partial charge in [-0.15, -0.1) is 0 Å². The molecule has 1 amide bonds. The molecule has 0 aliphatic rings. The molecule has 0 aliphatic carbocycles. The zero-order valence-corrected chi connectivity index (χ0v) is 10.8. The van der Waals surface area contributed by atoms with Crippen LogP contribution in [0.3, 0.4) is 0 Å². The summed E-state index contributed by atoms with van der Waals surface area (Å²) in [4.78, 5) is 11.0. The van der Waals surface area contributed by atoms with Crippen LogP contribution in [0, 0.1) is 0 Å². The van der Waals surface area contributed by atoms with Gasteiger partial charge < -0.3 is 5.32 Å². The molecule has 0 bridgehead atoms. The van der Waals surface area contributed by atoms with Crippen molar-refractivity contribution in [3.8, 4) is 0 Å². The maximum absolute atomic E-state index is 11.7. The largest absolute Gasteiger partial charge is 0.359 e. The highest BCUT2D eigenvalue weighted by molar-refractivity contribution is 7.89. The molecule has 0 spiro atoms. The van der Waals surface area contributed by atoms with Crippen molar-refractivity contribution in [1.82, 2.24) is 10.0 Å². The zero-order valence-electron chi connectivity index (χ0n) is 9.23. The molecule has 0 fully saturated rings. The van der Waals surface area contributed by atoms with Gasteiger partial charge in [-0.25, -0.2) is 13.1 Å². The highest BCUT2D eigenvalue weighted by Crippen LogP contribution is 2.13. The van der Waals surface area contributed by atoms with Crippen LogP contribution in [0.1, 0.15) is 6.42 Å². The van der Waals surface area contributed by atoms with Crippen LogP contribution in [-0.2, 0) is 14.8 Å². The third-order valence-electron chi connectivity index (χ3n) is 2.05. The fraction of sp³-hybridized carbons (Fsp3) is 0.300. The minimum Gasteiger partial charge on any atom is -0.359 e. The zero-order chi connectivity index (χ0) is 12.9. The molecule has 1 aromatic rings. The number of benzene rings is 1. The molecular weight excluding hydrogens is 264 g/mol. The highest BCUT2D eigenvalue weighted by atomic mass is 35.5. The van der Waals surface area contributed by atoms with Crippen molar-refractivity contribution in [1.29, 1.82) is 0 Å². The Balaban J connectivity index is 2.63. The Morgan fingerprint density at radius 3 is 2.41 bits per heavy atom. The fourth-order valence-corrected chi connectivity index (χ4v) is 2.28. The van der Waals surface area contributed by atoms with Crippen molar-refractivity contribution in [3.05, 3.63) is 29.3 Å². The molecule has 17 heavy (non-hydrogen) atoms. The van der Waals surface area contributed by atoms with Gasteiger partial charge in [0.05, 0.1) is 4.90 Å². The number of nitrogens with one attached hydrogen (secondary N) is 2. The first-order valence-corrected chi connectivity index (χ1v) is 6.77. The molecular formula is C10H13ClN2O3S. The Kier molecular flexibility index (Phi) is 4.92. The van der Waals surface area contributed by atoms with Crippen molar-refractivity contribution in [2.75, 3.05) is 13.6 Å². The summed E-state index contributed by atoms with van der Waals surface area (Å²) in [6, 6.07) is 5.80. The molecule has 5 nitrogen and oxygen atoms in total. The van der Waals surface area contributed by atoms with Gasteiger partial charge in [0.25, 0.3) is 0 Å². The summed E-state index contributed by atoms with van der Waals surface area (Å²) in [6.07, 6.45) is 0.101. The first-order chi connectivity index (χ1) is 7.95. The van der Waals surface area contributed by atoms with Crippen LogP contribution in [0.15, 0.2) is 29.2 Å². The van der Waals surface area contributed by atoms with Crippen LogP contribution in [0.4, 0.5) is 0 Å². The lowest BCUT2D eigenvalue weighted by Gasteiger charge is -2.06. The summed E-state index contributed by atoms with van der Waals surface area (Å²) < 4.78 is 25.8. The predicted octanol–water partition coefficient (Wildman–Crippen LogP) is 0.754. The van der Waals surface area contributed by atoms with Crippen LogP contribution in [-0.4, -0.2) is 27.9 Å². The van der Waals surface area contributed by atoms with Gasteiger partial charge in [-0.1, -0.05) is 11.6 Å². The smallest absolute Gasteiger partial charge is 0.240 e. The van der Waals surface area contributed by atoms with E-state index in [1.54, 1.807) is 0 Å². The Bertz CT molecular complexity index is 485. The number of amides is 1. The molecule has 1 aromatic carbocycles. The average molecular weight is 277 g/mol. The van der Waals surface area contributed by atoms with Gasteiger partial charge >= 0.3 is 0 Å². The van der Waals surface area contributed by atoms with Gasteiger partial charge in [0.15, 0.2) is 0 Å². The van der Waals surface area contributed by atoms with E-state index in [0.717, 1.165) is 0 Å². The van der Waals surface area contributed by atoms with Crippen LogP contribution in [0.2, 0.25) is 5.02 Å². The molecule has 0 aromatic heterocycles. The van der Waals surface area contributed by atoms with Crippen LogP contribution < -0.4 is 10.0 Å². The highest BCUT2D eigenvalue weighted by Gasteiger charge is 2.13. The minimum absolute atomic E-state index is 0.0602. The second-order valence-electron chi connectivity index (χ2n) is 3.27. The van der Waals surface area contributed by atoms with Gasteiger partial charge in [0, 0.05) is 25.0 Å². The molecule has 0 radical (unpaired) electrons. The summed E-state index contributed by atoms with van der Waals surface area (Å²) in [5.41, 5.74) is 0. The van der Waals surface area contributed by atoms with Crippen molar-refractivity contribution in [2.24, 2.45) is 0 Å². The van der Waals surface area contributed by atoms with Gasteiger partial charge in [-0.2, -0.15) is 0 Å². The number of rotatable bonds is 5. The predicted molar refractivity (Wildman–Crippen MR) is 65.3 cm³/mol. The number of hydrogen-bond donors (Lipinski definition) is 2. The van der Waals surface area contributed by atoms with E-state index >= 15 is 0 Å². The molecule has 1 rings (SSSR count). The van der Waals surface area contributed by atoms with Gasteiger partial charge in [0.1, 0.15) is 0 Å². The summed E-state index contributed by atoms with van der Waals surface area (Å²) in [7, 11) is -2.07. The standard InChI is InChI=1S/C10H13ClN2O3S/c1-12-10(14)6-7-13-17(15,16)9-4-2-8(11)3-5-9/h2-5,13H,6-7H2,1H3,(H,12,14). The van der Waals surface area contributed by atoms with Gasteiger partial charge in [-0.3, -0.25) is 4.79 Å². The summed E-state index contributed by atoms with van der Waals surface area (Å²) in [5, 5.41) is 2.87. The van der Waals surface area contributed by atoms with Gasteiger partial charge in [-0.05, 0) is 24.3 Å². The van der Waals surface area contributed by atoms with Gasteiger partial charge in [0.2, 0.25) is 15.9 Å². The first-order valence-electron chi connectivity index (χ1n) is 4.91. The third kappa shape index (κ3) is 4.33. The maximum atomic E-state index is 11.7. The number of carbonyl (C=O) groups is 1. The maximum Gasteiger partial charge on any atom is 0.240 e. The van der Waals surface area contributed by atoms with E-state index in [1.165, 1.54) is 31.3 Å². The van der Waals surface area contributed by atoms with E-state index in [0.29, 0.717) is 5.02 Å². The number of sulfonamides is 1. The lowest BCUT2D eigenvalue weighted by Crippen LogP contribution is -2.29. The Morgan fingerprint density at radius 1 is 1.29 bits per heavy atom. The lowest BCUT2D eigenvalue weighted by molar-refractivity contribution is -0.120. The normalized spacial score (nSPS) is 11.2. The van der Waals surface area contributed by atoms with Crippen LogP contribution >= 0.6 is 11.6 Å². The van der Waals surface area contributed by atoms with Crippen molar-refractivity contribution < 1.29 is 13.2 Å². The first kappa shape index (κ1) is 14.0. The number of halogens is 1. The molecule has 0 heterocycles. The van der Waals surface area contributed by atoms with E-state index in [2.05, 4.69) is 10.0 Å². The summed E-state index contributed by atoms with van der Waals surface area (Å²) in [5.74, 6) is -0.219. The minimum atomic E-state index is -3.57. The molecule has 0 saturated heterocycles. The second-order valence-corrected chi connectivity index (χ2v) is 5.48. The Hall–Kier alpha value is -1.11. The molecule has 0 saturated carbocycles. The summed E-state index contributed by atoms with van der Waals surface area (Å²) >= 11 is 5.66. The second kappa shape index (κ2) is 6.00. The van der Waals surface area contributed by atoms with Crippen molar-refractivity contribution in [3.63, 3.8) is 0 Å². The van der Waals surface area contributed by atoms with Crippen molar-refractivity contribution in [2.45, 2.75) is 11.3 Å². The van der Waals surface area contributed by atoms with Crippen LogP contribution in [0.5, 0.6) is 0 Å². The quantitative estimate of drug-likeness (QED) is 0.833. The fourth-order valence-electron chi connectivity index (χ4n) is 1.12. The molecule has 2 N–H and O–H groups in total. The molecule has 0 unspecified atom stereocenters. The molecule has 0 aliphatic heterocycles. The van der Waals surface area contributed by atoms with E-state index in [1.807, 2.05) is 0 Å². The molecule has 7 heteroatoms. The SMILES string of the molecule is CNC(=O)CCNS(=O)(=O)c1ccc(Cl)cc1. The van der Waals surface area contributed by atoms with Crippen molar-refractivity contribution >= 4 is 27.5 Å². The van der Waals surface area contributed by atoms with Crippen LogP contribution in [0.25, 0.3) is 0 Å². The van der Waals surface area contributed by atoms with E-state index in [9.17, 15) is 13.2 Å². The van der Waals surface area contributed by atoms with E-state index in [-0.39, 0.29) is 23.8 Å². The topological polar surface area (TPSA) is 75.3 Å². The monoisotopic (exact) mass is 276 g/mol.